The average Bonchev–Trinajstić information content (AvgIpc) is 2.62. The summed E-state index contributed by atoms with van der Waals surface area (Å²) in [7, 11) is 0. The Balaban J connectivity index is 1.98. The summed E-state index contributed by atoms with van der Waals surface area (Å²) in [6.07, 6.45) is 1.77. The summed E-state index contributed by atoms with van der Waals surface area (Å²) in [5.41, 5.74) is 9.62. The van der Waals surface area contributed by atoms with E-state index in [2.05, 4.69) is 20.2 Å². The number of nitrogens with two attached hydrogens (primary N) is 1. The molecule has 122 valence electrons. The molecule has 2 N–H and O–H groups in total. The van der Waals surface area contributed by atoms with Crippen molar-refractivity contribution < 1.29 is 4.39 Å². The Labute approximate surface area is 143 Å². The van der Waals surface area contributed by atoms with E-state index in [1.807, 2.05) is 31.2 Å². The van der Waals surface area contributed by atoms with Crippen LogP contribution in [0.3, 0.4) is 0 Å². The zero-order valence-corrected chi connectivity index (χ0v) is 13.4. The fraction of sp³-hybridized carbons (Fsp3) is 0.0526. The Hall–Kier alpha value is -3.41. The number of fused-ring (bicyclic) bond motifs is 1. The molecule has 0 amide bonds. The number of hydrogen-bond acceptors (Lipinski definition) is 5. The molecule has 2 aromatic heterocycles. The highest BCUT2D eigenvalue weighted by molar-refractivity contribution is 5.89. The van der Waals surface area contributed by atoms with E-state index in [0.29, 0.717) is 17.0 Å². The summed E-state index contributed by atoms with van der Waals surface area (Å²) in [5, 5.41) is 9.03. The summed E-state index contributed by atoms with van der Waals surface area (Å²) in [5.74, 6) is -0.386. The highest BCUT2D eigenvalue weighted by atomic mass is 19.1. The minimum absolute atomic E-state index is 0.000592. The smallest absolute Gasteiger partial charge is 0.240 e. The highest BCUT2D eigenvalue weighted by Crippen LogP contribution is 2.32. The predicted octanol–water partition coefficient (Wildman–Crippen LogP) is 3.78. The number of nitrogen functional groups attached to an aromatic ring is 1. The van der Waals surface area contributed by atoms with Crippen LogP contribution in [-0.2, 0) is 0 Å². The van der Waals surface area contributed by atoms with Crippen molar-refractivity contribution in [2.24, 2.45) is 0 Å². The third kappa shape index (κ3) is 2.67. The van der Waals surface area contributed by atoms with Gasteiger partial charge in [0.05, 0.1) is 5.52 Å². The van der Waals surface area contributed by atoms with E-state index >= 15 is 0 Å². The molecule has 0 aliphatic carbocycles. The van der Waals surface area contributed by atoms with E-state index in [0.717, 1.165) is 22.0 Å². The third-order valence-corrected chi connectivity index (χ3v) is 4.07. The van der Waals surface area contributed by atoms with E-state index in [9.17, 15) is 4.39 Å². The first-order chi connectivity index (χ1) is 12.1. The number of nitrogens with zero attached hydrogens (tertiary/aromatic N) is 4. The van der Waals surface area contributed by atoms with Crippen LogP contribution in [0.5, 0.6) is 0 Å². The molecule has 0 unspecified atom stereocenters. The zero-order chi connectivity index (χ0) is 17.4. The third-order valence-electron chi connectivity index (χ3n) is 4.07. The number of hydrogen-bond donors (Lipinski definition) is 1. The molecule has 0 radical (unpaired) electrons. The molecule has 6 heteroatoms. The van der Waals surface area contributed by atoms with Gasteiger partial charge in [0.1, 0.15) is 17.2 Å². The number of aryl methyl sites for hydroxylation is 1. The van der Waals surface area contributed by atoms with Gasteiger partial charge in [0, 0.05) is 22.7 Å². The number of pyridine rings is 1. The quantitative estimate of drug-likeness (QED) is 0.605. The summed E-state index contributed by atoms with van der Waals surface area (Å²) < 4.78 is 14.3. The maximum Gasteiger partial charge on any atom is 0.240 e. The van der Waals surface area contributed by atoms with Crippen LogP contribution in [0.2, 0.25) is 0 Å². The number of halogens is 1. The van der Waals surface area contributed by atoms with Gasteiger partial charge >= 0.3 is 0 Å². The predicted molar refractivity (Wildman–Crippen MR) is 95.1 cm³/mol. The lowest BCUT2D eigenvalue weighted by molar-refractivity contribution is 0.630. The van der Waals surface area contributed by atoms with Crippen LogP contribution in [0.4, 0.5) is 10.3 Å². The minimum Gasteiger partial charge on any atom is -0.366 e. The van der Waals surface area contributed by atoms with Crippen LogP contribution in [0.25, 0.3) is 33.4 Å². The molecule has 0 saturated carbocycles. The van der Waals surface area contributed by atoms with Crippen LogP contribution in [0.15, 0.2) is 54.7 Å². The summed E-state index contributed by atoms with van der Waals surface area (Å²) in [6.45, 7) is 2.01. The molecule has 0 aliphatic heterocycles. The second-order valence-corrected chi connectivity index (χ2v) is 5.71. The summed E-state index contributed by atoms with van der Waals surface area (Å²) >= 11 is 0. The van der Waals surface area contributed by atoms with Crippen molar-refractivity contribution in [3.63, 3.8) is 0 Å². The van der Waals surface area contributed by atoms with Crippen LogP contribution in [-0.4, -0.2) is 20.2 Å². The molecule has 4 aromatic rings. The van der Waals surface area contributed by atoms with Gasteiger partial charge in [-0.2, -0.15) is 0 Å². The minimum atomic E-state index is -0.387. The lowest BCUT2D eigenvalue weighted by Gasteiger charge is -2.10. The lowest BCUT2D eigenvalue weighted by Crippen LogP contribution is -2.03. The van der Waals surface area contributed by atoms with Crippen molar-refractivity contribution in [1.82, 2.24) is 20.2 Å². The van der Waals surface area contributed by atoms with E-state index in [4.69, 9.17) is 5.73 Å². The number of rotatable bonds is 2. The number of benzene rings is 2. The molecule has 25 heavy (non-hydrogen) atoms. The molecule has 0 aliphatic rings. The Morgan fingerprint density at radius 3 is 2.64 bits per heavy atom. The van der Waals surface area contributed by atoms with Crippen LogP contribution >= 0.6 is 0 Å². The van der Waals surface area contributed by atoms with Gasteiger partial charge in [0.15, 0.2) is 0 Å². The second-order valence-electron chi connectivity index (χ2n) is 5.71. The molecule has 0 spiro atoms. The first-order valence-electron chi connectivity index (χ1n) is 7.74. The van der Waals surface area contributed by atoms with Gasteiger partial charge in [0.2, 0.25) is 5.95 Å². The maximum absolute atomic E-state index is 14.3. The fourth-order valence-corrected chi connectivity index (χ4v) is 2.80. The van der Waals surface area contributed by atoms with Gasteiger partial charge in [-0.3, -0.25) is 4.98 Å². The van der Waals surface area contributed by atoms with Gasteiger partial charge in [-0.15, -0.1) is 10.2 Å². The number of aromatic nitrogens is 4. The Morgan fingerprint density at radius 1 is 0.960 bits per heavy atom. The van der Waals surface area contributed by atoms with Crippen molar-refractivity contribution in [3.05, 3.63) is 66.1 Å². The Bertz CT molecular complexity index is 1090. The molecule has 0 saturated heterocycles. The molecule has 0 atom stereocenters. The summed E-state index contributed by atoms with van der Waals surface area (Å²) in [6, 6.07) is 14.1. The van der Waals surface area contributed by atoms with Gasteiger partial charge in [-0.1, -0.05) is 18.2 Å². The molecule has 5 nitrogen and oxygen atoms in total. The average molecular weight is 331 g/mol. The van der Waals surface area contributed by atoms with Crippen LogP contribution in [0.1, 0.15) is 5.56 Å². The van der Waals surface area contributed by atoms with Crippen molar-refractivity contribution >= 4 is 16.9 Å². The van der Waals surface area contributed by atoms with Crippen molar-refractivity contribution in [3.8, 4) is 22.5 Å². The highest BCUT2D eigenvalue weighted by Gasteiger charge is 2.16. The molecular weight excluding hydrogens is 317 g/mol. The molecule has 2 aromatic carbocycles. The van der Waals surface area contributed by atoms with Crippen molar-refractivity contribution in [1.29, 1.82) is 0 Å². The molecule has 4 rings (SSSR count). The Morgan fingerprint density at radius 2 is 1.80 bits per heavy atom. The maximum atomic E-state index is 14.3. The zero-order valence-electron chi connectivity index (χ0n) is 13.4. The van der Waals surface area contributed by atoms with Gasteiger partial charge in [-0.25, -0.2) is 9.37 Å². The lowest BCUT2D eigenvalue weighted by atomic mass is 10.0. The Kier molecular flexibility index (Phi) is 3.57. The second kappa shape index (κ2) is 5.90. The van der Waals surface area contributed by atoms with Crippen molar-refractivity contribution in [2.45, 2.75) is 6.92 Å². The van der Waals surface area contributed by atoms with E-state index in [-0.39, 0.29) is 11.8 Å². The van der Waals surface area contributed by atoms with E-state index < -0.39 is 0 Å². The van der Waals surface area contributed by atoms with Crippen LogP contribution < -0.4 is 5.73 Å². The van der Waals surface area contributed by atoms with Crippen molar-refractivity contribution in [2.75, 3.05) is 5.73 Å². The standard InChI is InChI=1S/C19H14FN5/c1-11-8-9-22-16-7-6-12(10-14(11)16)17-18(23-19(21)25-24-17)13-4-2-3-5-15(13)20/h2-10H,1H3,(H2,21,23,25). The summed E-state index contributed by atoms with van der Waals surface area (Å²) in [4.78, 5) is 8.59. The van der Waals surface area contributed by atoms with E-state index in [1.54, 1.807) is 24.4 Å². The van der Waals surface area contributed by atoms with Gasteiger partial charge in [0.25, 0.3) is 0 Å². The van der Waals surface area contributed by atoms with Gasteiger partial charge in [-0.05, 0) is 42.8 Å². The van der Waals surface area contributed by atoms with Gasteiger partial charge < -0.3 is 5.73 Å². The molecule has 2 heterocycles. The topological polar surface area (TPSA) is 77.6 Å². The van der Waals surface area contributed by atoms with Crippen LogP contribution in [0, 0.1) is 12.7 Å². The molecule has 0 bridgehead atoms. The molecular formula is C19H14FN5. The fourth-order valence-electron chi connectivity index (χ4n) is 2.80. The first kappa shape index (κ1) is 15.1. The largest absolute Gasteiger partial charge is 0.366 e. The first-order valence-corrected chi connectivity index (χ1v) is 7.74. The molecule has 0 fully saturated rings. The number of anilines is 1. The SMILES string of the molecule is Cc1ccnc2ccc(-c3nnc(N)nc3-c3ccccc3F)cc12. The normalized spacial score (nSPS) is 11.0. The monoisotopic (exact) mass is 331 g/mol. The van der Waals surface area contributed by atoms with E-state index in [1.165, 1.54) is 6.07 Å².